The van der Waals surface area contributed by atoms with Gasteiger partial charge in [-0.25, -0.2) is 9.59 Å². The van der Waals surface area contributed by atoms with Crippen LogP contribution in [0.1, 0.15) is 6.92 Å². The number of rotatable bonds is 2. The summed E-state index contributed by atoms with van der Waals surface area (Å²) in [4.78, 5) is 18.8. The monoisotopic (exact) mass is 371 g/mol. The Hall–Kier alpha value is -0.598. The fourth-order valence-corrected chi connectivity index (χ4v) is 0.142. The number of ether oxygens (including phenoxy) is 1. The minimum atomic E-state index is -0.981. The molecule has 0 saturated heterocycles. The molecule has 0 saturated carbocycles. The van der Waals surface area contributed by atoms with Gasteiger partial charge in [0.15, 0.2) is 0 Å². The molecule has 0 bridgehead atoms. The average Bonchev–Trinajstić information content (AvgIpc) is 1.89. The van der Waals surface area contributed by atoms with Gasteiger partial charge < -0.3 is 15.6 Å². The van der Waals surface area contributed by atoms with Gasteiger partial charge in [0, 0.05) is 6.08 Å². The molecule has 0 fully saturated rings. The number of carbonyl (C=O) groups is 2. The van der Waals surface area contributed by atoms with Crippen molar-refractivity contribution in [3.05, 3.63) is 12.7 Å². The first kappa shape index (κ1) is 17.5. The molecule has 0 aromatic carbocycles. The topological polar surface area (TPSA) is 89.6 Å². The molecule has 0 aromatic rings. The van der Waals surface area contributed by atoms with Gasteiger partial charge in [-0.1, -0.05) is 6.58 Å². The Morgan fingerprint density at radius 1 is 1.67 bits per heavy atom. The van der Waals surface area contributed by atoms with Crippen molar-refractivity contribution in [3.8, 4) is 0 Å². The van der Waals surface area contributed by atoms with Gasteiger partial charge in [0.25, 0.3) is 0 Å². The van der Waals surface area contributed by atoms with Crippen LogP contribution in [0.3, 0.4) is 0 Å². The molecule has 0 aliphatic carbocycles. The number of carbonyl (C=O) groups excluding carboxylic acids is 1. The number of primary amides is 1. The van der Waals surface area contributed by atoms with Crippen LogP contribution in [-0.2, 0) is 9.53 Å². The Labute approximate surface area is 90.7 Å². The number of amides is 1. The van der Waals surface area contributed by atoms with Gasteiger partial charge in [-0.15, -0.1) is 0 Å². The normalized spacial score (nSPS) is 6.42. The maximum atomic E-state index is 9.60. The van der Waals surface area contributed by atoms with Crippen molar-refractivity contribution >= 4 is 39.4 Å². The summed E-state index contributed by atoms with van der Waals surface area (Å²) in [7, 11) is 0. The summed E-state index contributed by atoms with van der Waals surface area (Å²) in [6.45, 7) is 5.02. The summed E-state index contributed by atoms with van der Waals surface area (Å²) in [5, 5.41) is 7.60. The number of carboxylic acids is 1. The van der Waals surface area contributed by atoms with Crippen LogP contribution >= 0.6 is 0 Å². The van der Waals surface area contributed by atoms with Crippen molar-refractivity contribution in [2.45, 2.75) is 6.92 Å². The summed E-state index contributed by atoms with van der Waals surface area (Å²) in [6.07, 6.45) is 0.123. The standard InChI is InChI=1S/C3H7NO2.C3H4O2.Pb.2H/c1-2-6-3(4)5;1-2-3(4)5;;;/h2H2,1H3,(H2,4,5);2H,1H2,(H,4,5);;;. The van der Waals surface area contributed by atoms with E-state index in [9.17, 15) is 9.59 Å². The second-order valence-electron chi connectivity index (χ2n) is 1.29. The van der Waals surface area contributed by atoms with Gasteiger partial charge in [-0.2, -0.15) is 0 Å². The van der Waals surface area contributed by atoms with E-state index < -0.39 is 12.1 Å². The Balaban J connectivity index is -0.000000126. The van der Waals surface area contributed by atoms with E-state index in [2.05, 4.69) is 17.0 Å². The third kappa shape index (κ3) is 34.3. The van der Waals surface area contributed by atoms with E-state index in [1.54, 1.807) is 6.92 Å². The Bertz CT molecular complexity index is 148. The maximum absolute atomic E-state index is 9.60. The van der Waals surface area contributed by atoms with Gasteiger partial charge in [0.2, 0.25) is 0 Å². The molecule has 0 unspecified atom stereocenters. The van der Waals surface area contributed by atoms with E-state index in [1.807, 2.05) is 0 Å². The second-order valence-corrected chi connectivity index (χ2v) is 1.29. The first-order valence-electron chi connectivity index (χ1n) is 2.82. The molecule has 1 amide bonds. The fourth-order valence-electron chi connectivity index (χ4n) is 0.142. The summed E-state index contributed by atoms with van der Waals surface area (Å²) in [6, 6.07) is 0. The zero-order valence-corrected chi connectivity index (χ0v) is 12.4. The molecule has 0 heterocycles. The van der Waals surface area contributed by atoms with Crippen molar-refractivity contribution in [1.29, 1.82) is 0 Å². The van der Waals surface area contributed by atoms with E-state index in [1.165, 1.54) is 0 Å². The number of carboxylic acid groups (broad SMARTS) is 1. The molecule has 0 spiro atoms. The van der Waals surface area contributed by atoms with Crippen LogP contribution in [0.2, 0.25) is 0 Å². The average molecular weight is 370 g/mol. The van der Waals surface area contributed by atoms with Gasteiger partial charge in [-0.3, -0.25) is 0 Å². The molecular weight excluding hydrogens is 357 g/mol. The van der Waals surface area contributed by atoms with Gasteiger partial charge in [0.05, 0.1) is 6.61 Å². The minimum absolute atomic E-state index is 0. The number of aliphatic carboxylic acids is 1. The number of hydrogen-bond acceptors (Lipinski definition) is 3. The third-order valence-corrected chi connectivity index (χ3v) is 0.461. The molecule has 70 valence electrons. The number of hydrogen-bond donors (Lipinski definition) is 2. The van der Waals surface area contributed by atoms with Crippen molar-refractivity contribution in [3.63, 3.8) is 0 Å². The third-order valence-electron chi connectivity index (χ3n) is 0.461. The molecule has 6 heteroatoms. The molecule has 3 N–H and O–H groups in total. The van der Waals surface area contributed by atoms with Gasteiger partial charge in [0.1, 0.15) is 0 Å². The van der Waals surface area contributed by atoms with Crippen LogP contribution < -0.4 is 5.73 Å². The number of nitrogens with two attached hydrogens (primary N) is 1. The van der Waals surface area contributed by atoms with Gasteiger partial charge >= 0.3 is 39.4 Å². The zero-order chi connectivity index (χ0) is 9.28. The predicted octanol–water partition coefficient (Wildman–Crippen LogP) is -0.558. The van der Waals surface area contributed by atoms with Crippen LogP contribution in [0.5, 0.6) is 0 Å². The molecule has 2 radical (unpaired) electrons. The zero-order valence-electron chi connectivity index (χ0n) is 6.95. The second kappa shape index (κ2) is 13.0. The quantitative estimate of drug-likeness (QED) is 0.504. The van der Waals surface area contributed by atoms with E-state index in [-0.39, 0.29) is 27.3 Å². The van der Waals surface area contributed by atoms with Gasteiger partial charge in [-0.05, 0) is 6.92 Å². The van der Waals surface area contributed by atoms with Crippen LogP contribution in [0.25, 0.3) is 0 Å². The predicted molar refractivity (Wildman–Crippen MR) is 47.6 cm³/mol. The molecule has 0 atom stereocenters. The summed E-state index contributed by atoms with van der Waals surface area (Å²) < 4.78 is 4.18. The van der Waals surface area contributed by atoms with Crippen LogP contribution in [0, 0.1) is 0 Å². The summed E-state index contributed by atoms with van der Waals surface area (Å²) in [5.74, 6) is -0.981. The SMILES string of the molecule is C=CC(=O)O.CCOC(N)=O.[PbH2]. The van der Waals surface area contributed by atoms with Crippen molar-refractivity contribution in [2.75, 3.05) is 6.61 Å². The fraction of sp³-hybridized carbons (Fsp3) is 0.333. The summed E-state index contributed by atoms with van der Waals surface area (Å²) in [5.41, 5.74) is 4.54. The molecule has 12 heavy (non-hydrogen) atoms. The molecule has 0 aromatic heterocycles. The van der Waals surface area contributed by atoms with E-state index >= 15 is 0 Å². The molecule has 0 aliphatic rings. The molecule has 0 aliphatic heterocycles. The van der Waals surface area contributed by atoms with E-state index in [0.717, 1.165) is 6.08 Å². The Kier molecular flexibility index (Phi) is 19.0. The molecule has 5 nitrogen and oxygen atoms in total. The van der Waals surface area contributed by atoms with Crippen LogP contribution in [0.4, 0.5) is 4.79 Å². The van der Waals surface area contributed by atoms with Crippen molar-refractivity contribution in [2.24, 2.45) is 5.73 Å². The van der Waals surface area contributed by atoms with Crippen molar-refractivity contribution in [1.82, 2.24) is 0 Å². The Morgan fingerprint density at radius 2 is 2.00 bits per heavy atom. The summed E-state index contributed by atoms with van der Waals surface area (Å²) >= 11 is 0. The van der Waals surface area contributed by atoms with Crippen LogP contribution in [-0.4, -0.2) is 51.1 Å². The Morgan fingerprint density at radius 3 is 2.00 bits per heavy atom. The van der Waals surface area contributed by atoms with Crippen molar-refractivity contribution < 1.29 is 19.4 Å². The van der Waals surface area contributed by atoms with E-state index in [4.69, 9.17) is 5.11 Å². The molecular formula is C6H13NO4Pb. The first-order chi connectivity index (χ1) is 5.04. The van der Waals surface area contributed by atoms with E-state index in [0.29, 0.717) is 6.61 Å². The van der Waals surface area contributed by atoms with Crippen LogP contribution in [0.15, 0.2) is 12.7 Å². The first-order valence-corrected chi connectivity index (χ1v) is 2.82. The molecule has 0 rings (SSSR count).